The highest BCUT2D eigenvalue weighted by Crippen LogP contribution is 2.24. The highest BCUT2D eigenvalue weighted by molar-refractivity contribution is 6.40. The Labute approximate surface area is 135 Å². The fourth-order valence-corrected chi connectivity index (χ4v) is 2.47. The van der Waals surface area contributed by atoms with Crippen molar-refractivity contribution in [2.24, 2.45) is 10.8 Å². The summed E-state index contributed by atoms with van der Waals surface area (Å²) in [7, 11) is 0. The molecule has 1 heterocycles. The lowest BCUT2D eigenvalue weighted by Crippen LogP contribution is -2.40. The van der Waals surface area contributed by atoms with Crippen molar-refractivity contribution in [1.82, 2.24) is 4.90 Å². The van der Waals surface area contributed by atoms with Crippen molar-refractivity contribution in [3.05, 3.63) is 30.3 Å². The SMILES string of the molecule is CCCN(CC#N)C(=O)C1=NN(c2ccccc2)C(C(N)=O)C1. The Morgan fingerprint density at radius 2 is 2.13 bits per heavy atom. The van der Waals surface area contributed by atoms with E-state index in [0.29, 0.717) is 12.2 Å². The summed E-state index contributed by atoms with van der Waals surface area (Å²) in [6.07, 6.45) is 0.886. The number of benzene rings is 1. The smallest absolute Gasteiger partial charge is 0.271 e. The number of hydrazone groups is 1. The van der Waals surface area contributed by atoms with Crippen molar-refractivity contribution in [1.29, 1.82) is 5.26 Å². The summed E-state index contributed by atoms with van der Waals surface area (Å²) in [6, 6.07) is 10.4. The number of carbonyl (C=O) groups excluding carboxylic acids is 2. The second-order valence-electron chi connectivity index (χ2n) is 5.23. The fourth-order valence-electron chi connectivity index (χ4n) is 2.47. The van der Waals surface area contributed by atoms with Gasteiger partial charge in [0.25, 0.3) is 5.91 Å². The lowest BCUT2D eigenvalue weighted by molar-refractivity contribution is -0.123. The van der Waals surface area contributed by atoms with Gasteiger partial charge < -0.3 is 10.6 Å². The number of hydrogen-bond donors (Lipinski definition) is 1. The monoisotopic (exact) mass is 313 g/mol. The van der Waals surface area contributed by atoms with Gasteiger partial charge in [0.15, 0.2) is 0 Å². The van der Waals surface area contributed by atoms with Gasteiger partial charge in [0, 0.05) is 13.0 Å². The highest BCUT2D eigenvalue weighted by atomic mass is 16.2. The first-order valence-electron chi connectivity index (χ1n) is 7.45. The molecule has 0 aliphatic carbocycles. The van der Waals surface area contributed by atoms with Gasteiger partial charge in [-0.05, 0) is 18.6 Å². The quantitative estimate of drug-likeness (QED) is 0.787. The second-order valence-corrected chi connectivity index (χ2v) is 5.23. The molecule has 120 valence electrons. The van der Waals surface area contributed by atoms with Crippen LogP contribution in [0.15, 0.2) is 35.4 Å². The molecule has 1 aromatic rings. The van der Waals surface area contributed by atoms with Crippen LogP contribution < -0.4 is 10.7 Å². The van der Waals surface area contributed by atoms with Crippen LogP contribution in [0.2, 0.25) is 0 Å². The zero-order valence-electron chi connectivity index (χ0n) is 13.0. The molecular formula is C16H19N5O2. The van der Waals surface area contributed by atoms with E-state index in [0.717, 1.165) is 6.42 Å². The normalized spacial score (nSPS) is 16.6. The molecule has 1 unspecified atom stereocenters. The van der Waals surface area contributed by atoms with Crippen LogP contribution in [0.25, 0.3) is 0 Å². The number of nitriles is 1. The molecule has 0 aromatic heterocycles. The lowest BCUT2D eigenvalue weighted by atomic mass is 10.1. The van der Waals surface area contributed by atoms with Crippen LogP contribution in [-0.4, -0.2) is 41.6 Å². The van der Waals surface area contributed by atoms with Gasteiger partial charge in [-0.3, -0.25) is 14.6 Å². The summed E-state index contributed by atoms with van der Waals surface area (Å²) >= 11 is 0. The zero-order chi connectivity index (χ0) is 16.8. The van der Waals surface area contributed by atoms with Crippen molar-refractivity contribution < 1.29 is 9.59 Å². The maximum Gasteiger partial charge on any atom is 0.271 e. The first-order valence-corrected chi connectivity index (χ1v) is 7.45. The minimum atomic E-state index is -0.693. The summed E-state index contributed by atoms with van der Waals surface area (Å²) < 4.78 is 0. The Kier molecular flexibility index (Phi) is 5.31. The minimum absolute atomic E-state index is 0.00172. The summed E-state index contributed by atoms with van der Waals surface area (Å²) in [5, 5.41) is 14.6. The first kappa shape index (κ1) is 16.5. The Hall–Kier alpha value is -2.88. The first-order chi connectivity index (χ1) is 11.1. The molecule has 0 fully saturated rings. The summed E-state index contributed by atoms with van der Waals surface area (Å²) in [6.45, 7) is 2.40. The van der Waals surface area contributed by atoms with Gasteiger partial charge in [-0.1, -0.05) is 25.1 Å². The minimum Gasteiger partial charge on any atom is -0.368 e. The average molecular weight is 313 g/mol. The number of hydrogen-bond acceptors (Lipinski definition) is 5. The topological polar surface area (TPSA) is 103 Å². The second kappa shape index (κ2) is 7.40. The van der Waals surface area contributed by atoms with Gasteiger partial charge in [0.1, 0.15) is 18.3 Å². The zero-order valence-corrected chi connectivity index (χ0v) is 13.0. The van der Waals surface area contributed by atoms with Crippen molar-refractivity contribution >= 4 is 23.2 Å². The molecule has 1 aliphatic rings. The summed E-state index contributed by atoms with van der Waals surface area (Å²) in [5.74, 6) is -0.860. The lowest BCUT2D eigenvalue weighted by Gasteiger charge is -2.20. The van der Waals surface area contributed by atoms with E-state index in [9.17, 15) is 9.59 Å². The van der Waals surface area contributed by atoms with Gasteiger partial charge in [-0.2, -0.15) is 10.4 Å². The highest BCUT2D eigenvalue weighted by Gasteiger charge is 2.36. The van der Waals surface area contributed by atoms with Crippen LogP contribution in [-0.2, 0) is 9.59 Å². The largest absolute Gasteiger partial charge is 0.368 e. The van der Waals surface area contributed by atoms with E-state index in [1.807, 2.05) is 31.2 Å². The van der Waals surface area contributed by atoms with Crippen LogP contribution in [0.3, 0.4) is 0 Å². The molecule has 2 N–H and O–H groups in total. The van der Waals surface area contributed by atoms with Crippen LogP contribution >= 0.6 is 0 Å². The summed E-state index contributed by atoms with van der Waals surface area (Å²) in [5.41, 5.74) is 6.40. The van der Waals surface area contributed by atoms with E-state index in [4.69, 9.17) is 11.0 Å². The van der Waals surface area contributed by atoms with Crippen molar-refractivity contribution in [2.45, 2.75) is 25.8 Å². The van der Waals surface area contributed by atoms with Crippen molar-refractivity contribution in [2.75, 3.05) is 18.1 Å². The number of rotatable bonds is 6. The van der Waals surface area contributed by atoms with E-state index in [1.165, 1.54) is 9.91 Å². The molecule has 0 spiro atoms. The number of primary amides is 1. The number of amides is 2. The predicted molar refractivity (Wildman–Crippen MR) is 86.4 cm³/mol. The number of anilines is 1. The van der Waals surface area contributed by atoms with E-state index in [1.54, 1.807) is 12.1 Å². The van der Waals surface area contributed by atoms with E-state index in [-0.39, 0.29) is 24.6 Å². The molecule has 0 saturated heterocycles. The number of carbonyl (C=O) groups is 2. The van der Waals surface area contributed by atoms with Crippen LogP contribution in [0.4, 0.5) is 5.69 Å². The molecule has 1 aliphatic heterocycles. The number of nitrogens with zero attached hydrogens (tertiary/aromatic N) is 4. The summed E-state index contributed by atoms with van der Waals surface area (Å²) in [4.78, 5) is 25.7. The molecule has 23 heavy (non-hydrogen) atoms. The van der Waals surface area contributed by atoms with Crippen LogP contribution in [0.1, 0.15) is 19.8 Å². The molecule has 1 atom stereocenters. The van der Waals surface area contributed by atoms with Gasteiger partial charge in [-0.25, -0.2) is 0 Å². The van der Waals surface area contributed by atoms with Gasteiger partial charge >= 0.3 is 0 Å². The third-order valence-corrected chi connectivity index (χ3v) is 3.55. The number of para-hydroxylation sites is 1. The van der Waals surface area contributed by atoms with Gasteiger partial charge in [0.2, 0.25) is 5.91 Å². The molecule has 2 rings (SSSR count). The molecule has 0 radical (unpaired) electrons. The van der Waals surface area contributed by atoms with Gasteiger partial charge in [-0.15, -0.1) is 0 Å². The molecule has 7 nitrogen and oxygen atoms in total. The van der Waals surface area contributed by atoms with Crippen molar-refractivity contribution in [3.8, 4) is 6.07 Å². The van der Waals surface area contributed by atoms with Crippen LogP contribution in [0, 0.1) is 11.3 Å². The maximum atomic E-state index is 12.5. The van der Waals surface area contributed by atoms with Gasteiger partial charge in [0.05, 0.1) is 11.8 Å². The third kappa shape index (κ3) is 3.66. The standard InChI is InChI=1S/C16H19N5O2/c1-2-9-20(10-8-17)16(23)13-11-14(15(18)22)21(19-13)12-6-4-3-5-7-12/h3-7,14H,2,9-11H2,1H3,(H2,18,22). The molecule has 0 bridgehead atoms. The molecule has 2 amide bonds. The Balaban J connectivity index is 2.27. The Morgan fingerprint density at radius 3 is 2.70 bits per heavy atom. The average Bonchev–Trinajstić information content (AvgIpc) is 3.00. The van der Waals surface area contributed by atoms with E-state index in [2.05, 4.69) is 5.10 Å². The molecule has 0 saturated carbocycles. The Bertz CT molecular complexity index is 650. The third-order valence-electron chi connectivity index (χ3n) is 3.55. The van der Waals surface area contributed by atoms with Crippen molar-refractivity contribution in [3.63, 3.8) is 0 Å². The maximum absolute atomic E-state index is 12.5. The number of nitrogens with two attached hydrogens (primary N) is 1. The predicted octanol–water partition coefficient (Wildman–Crippen LogP) is 0.869. The van der Waals surface area contributed by atoms with Crippen LogP contribution in [0.5, 0.6) is 0 Å². The molecule has 1 aromatic carbocycles. The molecular weight excluding hydrogens is 294 g/mol. The fraction of sp³-hybridized carbons (Fsp3) is 0.375. The molecule has 7 heteroatoms. The van der Waals surface area contributed by atoms with E-state index < -0.39 is 11.9 Å². The Morgan fingerprint density at radius 1 is 1.43 bits per heavy atom. The van der Waals surface area contributed by atoms with E-state index >= 15 is 0 Å².